The largest absolute Gasteiger partial charge is 0.492 e. The van der Waals surface area contributed by atoms with Crippen molar-refractivity contribution in [2.75, 3.05) is 20.3 Å². The third-order valence-electron chi connectivity index (χ3n) is 3.31. The van der Waals surface area contributed by atoms with Gasteiger partial charge in [-0.3, -0.25) is 4.79 Å². The van der Waals surface area contributed by atoms with E-state index in [0.29, 0.717) is 25.2 Å². The Morgan fingerprint density at radius 3 is 2.50 bits per heavy atom. The van der Waals surface area contributed by atoms with E-state index in [1.54, 1.807) is 0 Å². The number of carbonyl (C=O) groups excluding carboxylic acids is 1. The summed E-state index contributed by atoms with van der Waals surface area (Å²) in [6, 6.07) is 12.5. The lowest BCUT2D eigenvalue weighted by molar-refractivity contribution is 0.0692. The Morgan fingerprint density at radius 2 is 1.88 bits per heavy atom. The molecule has 0 aliphatic carbocycles. The van der Waals surface area contributed by atoms with Crippen LogP contribution in [0.2, 0.25) is 0 Å². The normalized spacial score (nSPS) is 10.2. The number of methoxy groups -OCH3 is 1. The molecule has 6 heteroatoms. The summed E-state index contributed by atoms with van der Waals surface area (Å²) in [5.74, 6) is -0.797. The molecule has 0 bridgehead atoms. The molecule has 0 atom stereocenters. The molecule has 0 saturated carbocycles. The molecule has 126 valence electrons. The van der Waals surface area contributed by atoms with Crippen molar-refractivity contribution in [2.24, 2.45) is 0 Å². The maximum Gasteiger partial charge on any atom is 0.336 e. The van der Waals surface area contributed by atoms with Crippen molar-refractivity contribution in [3.05, 3.63) is 59.2 Å². The molecule has 24 heavy (non-hydrogen) atoms. The van der Waals surface area contributed by atoms with E-state index in [4.69, 9.17) is 19.3 Å². The van der Waals surface area contributed by atoms with Gasteiger partial charge >= 0.3 is 5.97 Å². The number of aromatic carboxylic acids is 1. The van der Waals surface area contributed by atoms with Crippen molar-refractivity contribution < 1.29 is 28.9 Å². The van der Waals surface area contributed by atoms with E-state index < -0.39 is 5.97 Å². The molecule has 0 radical (unpaired) electrons. The number of hydrogen-bond donors (Lipinski definition) is 1. The number of rotatable bonds is 9. The SMILES string of the molecule is COc1c(OCCOCc2ccccc2)ccc(C(=O)O)c1C=O. The summed E-state index contributed by atoms with van der Waals surface area (Å²) in [6.45, 7) is 1.06. The number of hydrogen-bond acceptors (Lipinski definition) is 5. The van der Waals surface area contributed by atoms with Crippen LogP contribution >= 0.6 is 0 Å². The second-order valence-corrected chi connectivity index (χ2v) is 4.87. The average Bonchev–Trinajstić information content (AvgIpc) is 2.61. The van der Waals surface area contributed by atoms with Crippen LogP contribution in [0.25, 0.3) is 0 Å². The zero-order valence-corrected chi connectivity index (χ0v) is 13.2. The molecule has 0 fully saturated rings. The van der Waals surface area contributed by atoms with Crippen LogP contribution in [0.1, 0.15) is 26.3 Å². The molecule has 2 aromatic rings. The van der Waals surface area contributed by atoms with Crippen molar-refractivity contribution in [3.63, 3.8) is 0 Å². The lowest BCUT2D eigenvalue weighted by Crippen LogP contribution is -2.10. The van der Waals surface area contributed by atoms with Gasteiger partial charge in [-0.15, -0.1) is 0 Å². The highest BCUT2D eigenvalue weighted by atomic mass is 16.5. The minimum atomic E-state index is -1.20. The Kier molecular flexibility index (Phi) is 6.33. The Balaban J connectivity index is 1.94. The standard InChI is InChI=1S/C18H18O6/c1-22-17-15(11-19)14(18(20)21)7-8-16(17)24-10-9-23-12-13-5-3-2-4-6-13/h2-8,11H,9-10,12H2,1H3,(H,20,21). The summed E-state index contributed by atoms with van der Waals surface area (Å²) in [6.07, 6.45) is 0.445. The summed E-state index contributed by atoms with van der Waals surface area (Å²) in [7, 11) is 1.35. The van der Waals surface area contributed by atoms with E-state index >= 15 is 0 Å². The minimum absolute atomic E-state index is 0.0484. The third kappa shape index (κ3) is 4.33. The molecule has 0 aliphatic heterocycles. The van der Waals surface area contributed by atoms with Crippen LogP contribution in [-0.4, -0.2) is 37.7 Å². The van der Waals surface area contributed by atoms with Gasteiger partial charge in [0.2, 0.25) is 0 Å². The van der Waals surface area contributed by atoms with Crippen LogP contribution in [0.5, 0.6) is 11.5 Å². The Labute approximate surface area is 139 Å². The van der Waals surface area contributed by atoms with E-state index in [1.165, 1.54) is 19.2 Å². The minimum Gasteiger partial charge on any atom is -0.492 e. The van der Waals surface area contributed by atoms with Gasteiger partial charge in [0, 0.05) is 0 Å². The van der Waals surface area contributed by atoms with Crippen molar-refractivity contribution in [3.8, 4) is 11.5 Å². The van der Waals surface area contributed by atoms with E-state index in [-0.39, 0.29) is 23.5 Å². The molecule has 0 aromatic heterocycles. The number of benzene rings is 2. The fraction of sp³-hybridized carbons (Fsp3) is 0.222. The van der Waals surface area contributed by atoms with Crippen LogP contribution in [0.15, 0.2) is 42.5 Å². The first kappa shape index (κ1) is 17.5. The summed E-state index contributed by atoms with van der Waals surface area (Å²) >= 11 is 0. The zero-order valence-electron chi connectivity index (χ0n) is 13.2. The Morgan fingerprint density at radius 1 is 1.12 bits per heavy atom. The zero-order chi connectivity index (χ0) is 17.4. The van der Waals surface area contributed by atoms with Gasteiger partial charge in [0.25, 0.3) is 0 Å². The van der Waals surface area contributed by atoms with Gasteiger partial charge in [-0.2, -0.15) is 0 Å². The average molecular weight is 330 g/mol. The molecular weight excluding hydrogens is 312 g/mol. The highest BCUT2D eigenvalue weighted by Gasteiger charge is 2.18. The molecule has 0 aliphatic rings. The molecule has 0 spiro atoms. The molecular formula is C18H18O6. The second-order valence-electron chi connectivity index (χ2n) is 4.87. The number of aldehydes is 1. The highest BCUT2D eigenvalue weighted by molar-refractivity contribution is 5.99. The van der Waals surface area contributed by atoms with Crippen LogP contribution in [0, 0.1) is 0 Å². The van der Waals surface area contributed by atoms with E-state index in [1.807, 2.05) is 30.3 Å². The van der Waals surface area contributed by atoms with Crippen molar-refractivity contribution in [1.82, 2.24) is 0 Å². The lowest BCUT2D eigenvalue weighted by Gasteiger charge is -2.14. The van der Waals surface area contributed by atoms with Gasteiger partial charge in [-0.25, -0.2) is 4.79 Å². The summed E-state index contributed by atoms with van der Waals surface area (Å²) in [5.41, 5.74) is 0.881. The molecule has 0 amide bonds. The second kappa shape index (κ2) is 8.69. The molecule has 0 unspecified atom stereocenters. The van der Waals surface area contributed by atoms with Gasteiger partial charge in [-0.05, 0) is 17.7 Å². The third-order valence-corrected chi connectivity index (χ3v) is 3.31. The van der Waals surface area contributed by atoms with E-state index in [2.05, 4.69) is 0 Å². The van der Waals surface area contributed by atoms with Crippen LogP contribution < -0.4 is 9.47 Å². The monoisotopic (exact) mass is 330 g/mol. The Hall–Kier alpha value is -2.86. The summed E-state index contributed by atoms with van der Waals surface area (Å²) in [5, 5.41) is 9.09. The highest BCUT2D eigenvalue weighted by Crippen LogP contribution is 2.32. The molecule has 6 nitrogen and oxygen atoms in total. The first-order valence-corrected chi connectivity index (χ1v) is 7.31. The first-order chi connectivity index (χ1) is 11.7. The fourth-order valence-electron chi connectivity index (χ4n) is 2.18. The smallest absolute Gasteiger partial charge is 0.336 e. The van der Waals surface area contributed by atoms with Crippen molar-refractivity contribution >= 4 is 12.3 Å². The van der Waals surface area contributed by atoms with Crippen LogP contribution in [-0.2, 0) is 11.3 Å². The predicted octanol–water partition coefficient (Wildman–Crippen LogP) is 2.80. The van der Waals surface area contributed by atoms with Gasteiger partial charge < -0.3 is 19.3 Å². The summed E-state index contributed by atoms with van der Waals surface area (Å²) < 4.78 is 16.2. The van der Waals surface area contributed by atoms with Gasteiger partial charge in [0.05, 0.1) is 31.5 Å². The van der Waals surface area contributed by atoms with Crippen molar-refractivity contribution in [2.45, 2.75) is 6.61 Å². The number of carboxylic acids is 1. The van der Waals surface area contributed by atoms with Gasteiger partial charge in [0.1, 0.15) is 6.61 Å². The Bertz CT molecular complexity index is 696. The number of ether oxygens (including phenoxy) is 3. The van der Waals surface area contributed by atoms with Crippen LogP contribution in [0.4, 0.5) is 0 Å². The first-order valence-electron chi connectivity index (χ1n) is 7.31. The van der Waals surface area contributed by atoms with E-state index in [9.17, 15) is 9.59 Å². The quantitative estimate of drug-likeness (QED) is 0.562. The summed E-state index contributed by atoms with van der Waals surface area (Å²) in [4.78, 5) is 22.3. The molecule has 1 N–H and O–H groups in total. The molecule has 0 saturated heterocycles. The number of carbonyl (C=O) groups is 2. The van der Waals surface area contributed by atoms with Gasteiger partial charge in [-0.1, -0.05) is 30.3 Å². The van der Waals surface area contributed by atoms with Crippen LogP contribution in [0.3, 0.4) is 0 Å². The number of carboxylic acid groups (broad SMARTS) is 1. The maximum absolute atomic E-state index is 11.2. The maximum atomic E-state index is 11.2. The van der Waals surface area contributed by atoms with Crippen molar-refractivity contribution in [1.29, 1.82) is 0 Å². The van der Waals surface area contributed by atoms with E-state index in [0.717, 1.165) is 5.56 Å². The fourth-order valence-corrected chi connectivity index (χ4v) is 2.18. The van der Waals surface area contributed by atoms with Gasteiger partial charge in [0.15, 0.2) is 17.8 Å². The molecule has 0 heterocycles. The molecule has 2 rings (SSSR count). The predicted molar refractivity (Wildman–Crippen MR) is 86.9 cm³/mol. The topological polar surface area (TPSA) is 82.1 Å². The lowest BCUT2D eigenvalue weighted by atomic mass is 10.1. The molecule has 2 aromatic carbocycles.